The number of aliphatic hydroxyl groups is 2. The van der Waals surface area contributed by atoms with Gasteiger partial charge in [-0.2, -0.15) is 9.97 Å². The maximum absolute atomic E-state index is 11.5. The van der Waals surface area contributed by atoms with E-state index >= 15 is 0 Å². The van der Waals surface area contributed by atoms with Gasteiger partial charge in [0.15, 0.2) is 16.8 Å². The van der Waals surface area contributed by atoms with Gasteiger partial charge in [-0.05, 0) is 22.6 Å². The molecule has 0 saturated heterocycles. The van der Waals surface area contributed by atoms with Gasteiger partial charge in [0, 0.05) is 52.0 Å². The van der Waals surface area contributed by atoms with E-state index in [1.807, 2.05) is 22.6 Å². The number of rotatable bonds is 10. The van der Waals surface area contributed by atoms with Crippen molar-refractivity contribution in [2.45, 2.75) is 26.9 Å². The summed E-state index contributed by atoms with van der Waals surface area (Å²) in [5, 5.41) is 18.0. The summed E-state index contributed by atoms with van der Waals surface area (Å²) < 4.78 is 14.0. The highest BCUT2D eigenvalue weighted by Gasteiger charge is 2.18. The first-order valence-corrected chi connectivity index (χ1v) is 12.9. The molecule has 7 N–H and O–H groups in total. The lowest BCUT2D eigenvalue weighted by molar-refractivity contribution is -0.146. The monoisotopic (exact) mass is 672 g/mol. The summed E-state index contributed by atoms with van der Waals surface area (Å²) in [6.07, 6.45) is 3.04. The molecule has 0 amide bonds. The van der Waals surface area contributed by atoms with E-state index in [2.05, 4.69) is 29.9 Å². The first kappa shape index (κ1) is 30.6. The van der Waals surface area contributed by atoms with Crippen molar-refractivity contribution in [3.8, 4) is 0 Å². The highest BCUT2D eigenvalue weighted by molar-refractivity contribution is 14.1. The van der Waals surface area contributed by atoms with Crippen LogP contribution in [-0.4, -0.2) is 87.6 Å². The minimum atomic E-state index is -0.407. The van der Waals surface area contributed by atoms with Crippen LogP contribution in [0.25, 0.3) is 22.3 Å². The van der Waals surface area contributed by atoms with Gasteiger partial charge in [-0.3, -0.25) is 19.4 Å². The van der Waals surface area contributed by atoms with Gasteiger partial charge in [-0.15, -0.1) is 0 Å². The van der Waals surface area contributed by atoms with E-state index < -0.39 is 17.5 Å². The topological polar surface area (TPSA) is 252 Å². The number of nitrogen functional groups attached to an aromatic ring is 2. The molecule has 0 atom stereocenters. The van der Waals surface area contributed by atoms with Crippen molar-refractivity contribution in [3.63, 3.8) is 0 Å². The SMILES string of the molecule is CC(=O)OCC(COC(C)=O)Cn1cnc2c(I)nc(N)nc21.Nc1nc2c(ncn2CC(CO)CO)c(=O)[nH]1. The van der Waals surface area contributed by atoms with Crippen molar-refractivity contribution in [2.24, 2.45) is 11.8 Å². The number of H-pyrrole nitrogens is 1. The van der Waals surface area contributed by atoms with Gasteiger partial charge in [0.25, 0.3) is 5.56 Å². The molecular weight excluding hydrogens is 643 g/mol. The summed E-state index contributed by atoms with van der Waals surface area (Å²) >= 11 is 2.04. The lowest BCUT2D eigenvalue weighted by Crippen LogP contribution is -2.24. The number of nitrogens with zero attached hydrogens (tertiary/aromatic N) is 7. The third-order valence-electron chi connectivity index (χ3n) is 5.40. The number of nitrogens with one attached hydrogen (secondary N) is 1. The highest BCUT2D eigenvalue weighted by atomic mass is 127. The van der Waals surface area contributed by atoms with E-state index in [4.69, 9.17) is 31.2 Å². The number of aromatic nitrogens is 8. The zero-order chi connectivity index (χ0) is 29.4. The van der Waals surface area contributed by atoms with Crippen molar-refractivity contribution in [1.29, 1.82) is 0 Å². The zero-order valence-corrected chi connectivity index (χ0v) is 23.8. The molecule has 0 unspecified atom stereocenters. The first-order chi connectivity index (χ1) is 19.0. The van der Waals surface area contributed by atoms with Crippen molar-refractivity contribution in [1.82, 2.24) is 39.0 Å². The van der Waals surface area contributed by atoms with Crippen molar-refractivity contribution >= 4 is 68.8 Å². The Morgan fingerprint density at radius 3 is 2.00 bits per heavy atom. The van der Waals surface area contributed by atoms with Crippen LogP contribution in [0.1, 0.15) is 13.8 Å². The van der Waals surface area contributed by atoms with Crippen LogP contribution in [0.4, 0.5) is 11.9 Å². The Bertz CT molecular complexity index is 1510. The first-order valence-electron chi connectivity index (χ1n) is 11.8. The molecule has 0 aliphatic heterocycles. The van der Waals surface area contributed by atoms with E-state index in [0.717, 1.165) is 0 Å². The third-order valence-corrected chi connectivity index (χ3v) is 6.15. The fourth-order valence-electron chi connectivity index (χ4n) is 3.52. The van der Waals surface area contributed by atoms with Crippen LogP contribution in [0.3, 0.4) is 0 Å². The van der Waals surface area contributed by atoms with E-state index in [0.29, 0.717) is 33.6 Å². The minimum absolute atomic E-state index is 0.00815. The summed E-state index contributed by atoms with van der Waals surface area (Å²) in [4.78, 5) is 56.2. The minimum Gasteiger partial charge on any atom is -0.465 e. The van der Waals surface area contributed by atoms with Gasteiger partial charge in [0.05, 0.1) is 25.9 Å². The van der Waals surface area contributed by atoms with Crippen LogP contribution >= 0.6 is 22.6 Å². The second kappa shape index (κ2) is 13.9. The Balaban J connectivity index is 0.000000230. The molecule has 216 valence electrons. The fourth-order valence-corrected chi connectivity index (χ4v) is 4.14. The molecule has 0 spiro atoms. The number of fused-ring (bicyclic) bond motifs is 2. The normalized spacial score (nSPS) is 11.2. The summed E-state index contributed by atoms with van der Waals surface area (Å²) in [5.74, 6) is -1.18. The molecule has 0 fully saturated rings. The number of ether oxygens (including phenoxy) is 2. The summed E-state index contributed by atoms with van der Waals surface area (Å²) in [6.45, 7) is 3.31. The van der Waals surface area contributed by atoms with Crippen molar-refractivity contribution in [3.05, 3.63) is 26.7 Å². The van der Waals surface area contributed by atoms with E-state index in [-0.39, 0.29) is 55.7 Å². The second-order valence-electron chi connectivity index (χ2n) is 8.66. The predicted molar refractivity (Wildman–Crippen MR) is 149 cm³/mol. The van der Waals surface area contributed by atoms with Crippen LogP contribution in [0.2, 0.25) is 0 Å². The number of hydrogen-bond acceptors (Lipinski definition) is 14. The molecule has 4 heterocycles. The maximum atomic E-state index is 11.5. The number of carbonyl (C=O) groups is 2. The predicted octanol–water partition coefficient (Wildman–Crippen LogP) is -0.942. The Kier molecular flexibility index (Phi) is 10.7. The zero-order valence-electron chi connectivity index (χ0n) is 21.7. The number of anilines is 2. The molecule has 4 aromatic heterocycles. The quantitative estimate of drug-likeness (QED) is 0.0775. The Hall–Kier alpha value is -3.91. The average Bonchev–Trinajstić information content (AvgIpc) is 3.48. The molecule has 0 aliphatic carbocycles. The maximum Gasteiger partial charge on any atom is 0.302 e. The van der Waals surface area contributed by atoms with Gasteiger partial charge < -0.3 is 40.3 Å². The average molecular weight is 672 g/mol. The van der Waals surface area contributed by atoms with Crippen molar-refractivity contribution in [2.75, 3.05) is 37.9 Å². The highest BCUT2D eigenvalue weighted by Crippen LogP contribution is 2.18. The number of carbonyl (C=O) groups excluding carboxylic acids is 2. The molecule has 4 aromatic rings. The number of hydrogen-bond donors (Lipinski definition) is 5. The van der Waals surface area contributed by atoms with Crippen LogP contribution < -0.4 is 17.0 Å². The van der Waals surface area contributed by atoms with E-state index in [1.54, 1.807) is 15.5 Å². The van der Waals surface area contributed by atoms with Gasteiger partial charge in [-0.1, -0.05) is 0 Å². The molecule has 0 aromatic carbocycles. The molecule has 0 radical (unpaired) electrons. The number of imidazole rings is 2. The van der Waals surface area contributed by atoms with Crippen LogP contribution in [0.5, 0.6) is 0 Å². The second-order valence-corrected chi connectivity index (χ2v) is 9.69. The summed E-state index contributed by atoms with van der Waals surface area (Å²) in [6, 6.07) is 0. The number of halogens is 1. The Morgan fingerprint density at radius 1 is 0.925 bits per heavy atom. The number of aromatic amines is 1. The van der Waals surface area contributed by atoms with Gasteiger partial charge in [0.1, 0.15) is 9.22 Å². The van der Waals surface area contributed by atoms with E-state index in [1.165, 1.54) is 20.2 Å². The van der Waals surface area contributed by atoms with Crippen LogP contribution in [-0.2, 0) is 32.2 Å². The number of nitrogens with two attached hydrogens (primary N) is 2. The lowest BCUT2D eigenvalue weighted by atomic mass is 10.2. The molecule has 40 heavy (non-hydrogen) atoms. The number of aliphatic hydroxyl groups excluding tert-OH is 2. The van der Waals surface area contributed by atoms with Crippen LogP contribution in [0, 0.1) is 15.5 Å². The molecule has 4 rings (SSSR count). The molecule has 18 heteroatoms. The van der Waals surface area contributed by atoms with Gasteiger partial charge in [-0.25, -0.2) is 15.0 Å². The summed E-state index contributed by atoms with van der Waals surface area (Å²) in [7, 11) is 0. The summed E-state index contributed by atoms with van der Waals surface area (Å²) in [5.41, 5.74) is 12.5. The molecule has 17 nitrogen and oxygen atoms in total. The fraction of sp³-hybridized carbons (Fsp3) is 0.455. The molecule has 0 bridgehead atoms. The lowest BCUT2D eigenvalue weighted by Gasteiger charge is -2.17. The van der Waals surface area contributed by atoms with Gasteiger partial charge >= 0.3 is 11.9 Å². The standard InChI is InChI=1S/C13H16IN5O4.C9H13N5O3/c1-7(20)22-4-9(5-23-8(2)21)3-19-6-16-10-11(14)17-13(15)18-12(10)19;10-9-12-7-6(8(17)13-9)11-4-14(7)1-5(2-15)3-16/h6,9H,3-5H2,1-2H3,(H2,15,17,18);4-5,15-16H,1-3H2,(H3,10,12,13,17). The largest absolute Gasteiger partial charge is 0.465 e. The molecular formula is C22H29IN10O7. The van der Waals surface area contributed by atoms with Crippen LogP contribution in [0.15, 0.2) is 17.4 Å². The molecule has 0 saturated carbocycles. The third kappa shape index (κ3) is 8.05. The number of esters is 2. The van der Waals surface area contributed by atoms with Gasteiger partial charge in [0.2, 0.25) is 11.9 Å². The Labute approximate surface area is 240 Å². The van der Waals surface area contributed by atoms with E-state index in [9.17, 15) is 14.4 Å². The smallest absolute Gasteiger partial charge is 0.302 e. The molecule has 0 aliphatic rings. The Morgan fingerprint density at radius 2 is 1.45 bits per heavy atom. The van der Waals surface area contributed by atoms with Crippen molar-refractivity contribution < 1.29 is 29.3 Å².